The minimum Gasteiger partial charge on any atom is -0.383 e. The quantitative estimate of drug-likeness (QED) is 0.724. The molecule has 1 aliphatic rings. The maximum atomic E-state index is 12.1. The topological polar surface area (TPSA) is 93.4 Å². The zero-order chi connectivity index (χ0) is 15.8. The van der Waals surface area contributed by atoms with Crippen molar-refractivity contribution in [2.45, 2.75) is 32.3 Å². The Morgan fingerprint density at radius 3 is 2.86 bits per heavy atom. The van der Waals surface area contributed by atoms with E-state index in [1.807, 2.05) is 0 Å². The lowest BCUT2D eigenvalue weighted by Crippen LogP contribution is -2.33. The molecule has 0 spiro atoms. The molecule has 3 N–H and O–H groups in total. The summed E-state index contributed by atoms with van der Waals surface area (Å²) in [5, 5.41) is 2.87. The first-order chi connectivity index (χ1) is 10.7. The number of rotatable bonds is 7. The summed E-state index contributed by atoms with van der Waals surface area (Å²) < 4.78 is 4.93. The molecule has 0 aliphatic carbocycles. The van der Waals surface area contributed by atoms with Crippen LogP contribution in [0.4, 0.5) is 5.82 Å². The van der Waals surface area contributed by atoms with Gasteiger partial charge in [0, 0.05) is 19.9 Å². The van der Waals surface area contributed by atoms with Crippen molar-refractivity contribution < 1.29 is 9.53 Å². The Morgan fingerprint density at radius 2 is 2.18 bits per heavy atom. The fourth-order valence-electron chi connectivity index (χ4n) is 2.59. The standard InChI is InChI=1S/C15H25N5O2/c1-22-11-13-18-10-12(14(16)19-13)15(21)17-6-5-9-20-7-3-2-4-8-20/h10H,2-9,11H2,1H3,(H,17,21)(H2,16,18,19). The molecule has 7 nitrogen and oxygen atoms in total. The van der Waals surface area contributed by atoms with Crippen molar-refractivity contribution in [2.75, 3.05) is 39.0 Å². The molecule has 0 bridgehead atoms. The number of anilines is 1. The van der Waals surface area contributed by atoms with Crippen molar-refractivity contribution in [3.63, 3.8) is 0 Å². The van der Waals surface area contributed by atoms with Crippen LogP contribution in [0, 0.1) is 0 Å². The second kappa shape index (κ2) is 8.65. The Labute approximate surface area is 131 Å². The largest absolute Gasteiger partial charge is 0.383 e. The Hall–Kier alpha value is -1.73. The van der Waals surface area contributed by atoms with Crippen LogP contribution in [-0.4, -0.2) is 54.1 Å². The second-order valence-electron chi connectivity index (χ2n) is 5.53. The van der Waals surface area contributed by atoms with Crippen LogP contribution in [0.2, 0.25) is 0 Å². The SMILES string of the molecule is COCc1ncc(C(=O)NCCCN2CCCCC2)c(N)n1. The summed E-state index contributed by atoms with van der Waals surface area (Å²) in [4.78, 5) is 22.6. The van der Waals surface area contributed by atoms with Gasteiger partial charge in [0.05, 0.1) is 5.56 Å². The summed E-state index contributed by atoms with van der Waals surface area (Å²) in [5.74, 6) is 0.442. The number of carbonyl (C=O) groups excluding carboxylic acids is 1. The monoisotopic (exact) mass is 307 g/mol. The van der Waals surface area contributed by atoms with Gasteiger partial charge in [0.2, 0.25) is 0 Å². The summed E-state index contributed by atoms with van der Waals surface area (Å²) in [6.07, 6.45) is 6.30. The van der Waals surface area contributed by atoms with Crippen molar-refractivity contribution in [3.8, 4) is 0 Å². The van der Waals surface area contributed by atoms with Crippen LogP contribution in [0.25, 0.3) is 0 Å². The zero-order valence-corrected chi connectivity index (χ0v) is 13.2. The number of nitrogens with two attached hydrogens (primary N) is 1. The second-order valence-corrected chi connectivity index (χ2v) is 5.53. The maximum Gasteiger partial charge on any atom is 0.256 e. The van der Waals surface area contributed by atoms with Crippen molar-refractivity contribution >= 4 is 11.7 Å². The highest BCUT2D eigenvalue weighted by molar-refractivity contribution is 5.97. The minimum absolute atomic E-state index is 0.190. The Bertz CT molecular complexity index is 489. The predicted octanol–water partition coefficient (Wildman–Crippen LogP) is 0.811. The Kier molecular flexibility index (Phi) is 6.54. The molecule has 0 aromatic carbocycles. The van der Waals surface area contributed by atoms with Crippen molar-refractivity contribution in [3.05, 3.63) is 17.6 Å². The molecule has 1 fully saturated rings. The zero-order valence-electron chi connectivity index (χ0n) is 13.2. The smallest absolute Gasteiger partial charge is 0.256 e. The summed E-state index contributed by atoms with van der Waals surface area (Å²) >= 11 is 0. The molecule has 1 amide bonds. The number of hydrogen-bond acceptors (Lipinski definition) is 6. The third-order valence-electron chi connectivity index (χ3n) is 3.77. The van der Waals surface area contributed by atoms with Gasteiger partial charge in [-0.15, -0.1) is 0 Å². The number of piperidine rings is 1. The van der Waals surface area contributed by atoms with Crippen molar-refractivity contribution in [2.24, 2.45) is 0 Å². The van der Waals surface area contributed by atoms with Gasteiger partial charge in [-0.25, -0.2) is 9.97 Å². The number of carbonyl (C=O) groups is 1. The first-order valence-electron chi connectivity index (χ1n) is 7.81. The highest BCUT2D eigenvalue weighted by Gasteiger charge is 2.13. The van der Waals surface area contributed by atoms with Gasteiger partial charge in [-0.3, -0.25) is 4.79 Å². The average Bonchev–Trinajstić information content (AvgIpc) is 2.53. The Balaban J connectivity index is 1.74. The number of nitrogens with one attached hydrogen (secondary N) is 1. The summed E-state index contributed by atoms with van der Waals surface area (Å²) in [5.41, 5.74) is 6.12. The number of hydrogen-bond donors (Lipinski definition) is 2. The van der Waals surface area contributed by atoms with Gasteiger partial charge in [0.25, 0.3) is 5.91 Å². The van der Waals surface area contributed by atoms with Crippen LogP contribution < -0.4 is 11.1 Å². The number of amides is 1. The molecule has 0 atom stereocenters. The molecule has 0 radical (unpaired) electrons. The van der Waals surface area contributed by atoms with E-state index in [9.17, 15) is 4.79 Å². The fraction of sp³-hybridized carbons (Fsp3) is 0.667. The van der Waals surface area contributed by atoms with E-state index >= 15 is 0 Å². The molecular weight excluding hydrogens is 282 g/mol. The van der Waals surface area contributed by atoms with E-state index in [-0.39, 0.29) is 18.3 Å². The van der Waals surface area contributed by atoms with Crippen molar-refractivity contribution in [1.82, 2.24) is 20.2 Å². The number of ether oxygens (including phenoxy) is 1. The molecule has 1 aromatic rings. The highest BCUT2D eigenvalue weighted by atomic mass is 16.5. The normalized spacial score (nSPS) is 15.7. The minimum atomic E-state index is -0.222. The van der Waals surface area contributed by atoms with Crippen molar-refractivity contribution in [1.29, 1.82) is 0 Å². The molecule has 2 heterocycles. The molecule has 0 unspecified atom stereocenters. The van der Waals surface area contributed by atoms with Gasteiger partial charge in [0.1, 0.15) is 12.4 Å². The van der Waals surface area contributed by atoms with E-state index in [4.69, 9.17) is 10.5 Å². The molecular formula is C15H25N5O2. The van der Waals surface area contributed by atoms with E-state index in [0.29, 0.717) is 17.9 Å². The van der Waals surface area contributed by atoms with E-state index < -0.39 is 0 Å². The third kappa shape index (κ3) is 4.92. The lowest BCUT2D eigenvalue weighted by molar-refractivity contribution is 0.0951. The lowest BCUT2D eigenvalue weighted by Gasteiger charge is -2.26. The highest BCUT2D eigenvalue weighted by Crippen LogP contribution is 2.09. The molecule has 1 aromatic heterocycles. The third-order valence-corrected chi connectivity index (χ3v) is 3.77. The van der Waals surface area contributed by atoms with E-state index in [0.717, 1.165) is 13.0 Å². The number of nitrogens with zero attached hydrogens (tertiary/aromatic N) is 3. The van der Waals surface area contributed by atoms with Crippen LogP contribution in [0.3, 0.4) is 0 Å². The molecule has 1 aliphatic heterocycles. The first-order valence-corrected chi connectivity index (χ1v) is 7.81. The average molecular weight is 307 g/mol. The number of nitrogen functional groups attached to an aromatic ring is 1. The van der Waals surface area contributed by atoms with Gasteiger partial charge >= 0.3 is 0 Å². The molecule has 0 saturated carbocycles. The molecule has 122 valence electrons. The number of methoxy groups -OCH3 is 1. The lowest BCUT2D eigenvalue weighted by atomic mass is 10.1. The Morgan fingerprint density at radius 1 is 1.41 bits per heavy atom. The van der Waals surface area contributed by atoms with Crippen LogP contribution in [-0.2, 0) is 11.3 Å². The first kappa shape index (κ1) is 16.6. The summed E-state index contributed by atoms with van der Waals surface area (Å²) in [7, 11) is 1.56. The van der Waals surface area contributed by atoms with Crippen LogP contribution in [0.1, 0.15) is 41.9 Å². The molecule has 2 rings (SSSR count). The van der Waals surface area contributed by atoms with Crippen LogP contribution >= 0.6 is 0 Å². The molecule has 1 saturated heterocycles. The fourth-order valence-corrected chi connectivity index (χ4v) is 2.59. The van der Waals surface area contributed by atoms with Gasteiger partial charge in [-0.05, 0) is 38.9 Å². The van der Waals surface area contributed by atoms with Gasteiger partial charge in [-0.1, -0.05) is 6.42 Å². The van der Waals surface area contributed by atoms with E-state index in [2.05, 4.69) is 20.2 Å². The molecule has 22 heavy (non-hydrogen) atoms. The van der Waals surface area contributed by atoms with E-state index in [1.165, 1.54) is 38.5 Å². The summed E-state index contributed by atoms with van der Waals surface area (Å²) in [6, 6.07) is 0. The van der Waals surface area contributed by atoms with Gasteiger partial charge in [-0.2, -0.15) is 0 Å². The predicted molar refractivity (Wildman–Crippen MR) is 84.4 cm³/mol. The van der Waals surface area contributed by atoms with Gasteiger partial charge in [0.15, 0.2) is 5.82 Å². The van der Waals surface area contributed by atoms with E-state index in [1.54, 1.807) is 7.11 Å². The molecule has 7 heteroatoms. The van der Waals surface area contributed by atoms with Crippen LogP contribution in [0.5, 0.6) is 0 Å². The number of aromatic nitrogens is 2. The van der Waals surface area contributed by atoms with Gasteiger partial charge < -0.3 is 20.7 Å². The maximum absolute atomic E-state index is 12.1. The summed E-state index contributed by atoms with van der Waals surface area (Å²) in [6.45, 7) is 4.29. The van der Waals surface area contributed by atoms with Crippen LogP contribution in [0.15, 0.2) is 6.20 Å². The number of likely N-dealkylation sites (tertiary alicyclic amines) is 1.